The fourth-order valence-corrected chi connectivity index (χ4v) is 1.65. The van der Waals surface area contributed by atoms with Crippen LogP contribution < -0.4 is 0 Å². The molecule has 0 radical (unpaired) electrons. The van der Waals surface area contributed by atoms with Crippen molar-refractivity contribution in [1.82, 2.24) is 4.90 Å². The van der Waals surface area contributed by atoms with Crippen LogP contribution in [0.2, 0.25) is 0 Å². The summed E-state index contributed by atoms with van der Waals surface area (Å²) in [6.07, 6.45) is -3.22. The number of ether oxygens (including phenoxy) is 1. The van der Waals surface area contributed by atoms with E-state index in [0.717, 1.165) is 24.8 Å². The maximum Gasteiger partial charge on any atom is 0.411 e. The largest absolute Gasteiger partial charge is 0.411 e. The van der Waals surface area contributed by atoms with Gasteiger partial charge in [0.2, 0.25) is 0 Å². The second kappa shape index (κ2) is 8.35. The Labute approximate surface area is 96.9 Å². The topological polar surface area (TPSA) is 12.5 Å². The summed E-state index contributed by atoms with van der Waals surface area (Å²) in [5, 5.41) is 0.826. The summed E-state index contributed by atoms with van der Waals surface area (Å²) in [5.41, 5.74) is 0. The zero-order valence-corrected chi connectivity index (χ0v) is 10.4. The lowest BCUT2D eigenvalue weighted by molar-refractivity contribution is -0.174. The molecule has 0 bridgehead atoms. The first-order chi connectivity index (χ1) is 6.99. The summed E-state index contributed by atoms with van der Waals surface area (Å²) in [5.74, 6) is 0. The monoisotopic (exact) mass is 291 g/mol. The maximum absolute atomic E-state index is 11.7. The van der Waals surface area contributed by atoms with Crippen molar-refractivity contribution in [3.05, 3.63) is 0 Å². The van der Waals surface area contributed by atoms with Gasteiger partial charge in [0, 0.05) is 18.4 Å². The predicted octanol–water partition coefficient (Wildman–Crippen LogP) is 2.67. The highest BCUT2D eigenvalue weighted by Gasteiger charge is 2.27. The van der Waals surface area contributed by atoms with Crippen LogP contribution in [0.15, 0.2) is 0 Å². The van der Waals surface area contributed by atoms with E-state index in [-0.39, 0.29) is 6.61 Å². The predicted molar refractivity (Wildman–Crippen MR) is 57.4 cm³/mol. The highest BCUT2D eigenvalue weighted by Crippen LogP contribution is 2.14. The molecule has 0 unspecified atom stereocenters. The lowest BCUT2D eigenvalue weighted by atomic mass is 10.4. The van der Waals surface area contributed by atoms with Crippen molar-refractivity contribution in [3.8, 4) is 0 Å². The molecule has 6 heteroatoms. The Morgan fingerprint density at radius 2 is 1.87 bits per heavy atom. The molecular formula is C9H17BrF3NO. The first kappa shape index (κ1) is 15.2. The van der Waals surface area contributed by atoms with Crippen LogP contribution in [0, 0.1) is 0 Å². The molecule has 0 aliphatic carbocycles. The van der Waals surface area contributed by atoms with Gasteiger partial charge in [-0.3, -0.25) is 0 Å². The Kier molecular flexibility index (Phi) is 8.46. The summed E-state index contributed by atoms with van der Waals surface area (Å²) in [6.45, 7) is 3.30. The third kappa shape index (κ3) is 10.5. The van der Waals surface area contributed by atoms with Crippen LogP contribution >= 0.6 is 15.9 Å². The molecule has 0 rings (SSSR count). The molecule has 0 aromatic heterocycles. The summed E-state index contributed by atoms with van der Waals surface area (Å²) < 4.78 is 39.7. The maximum atomic E-state index is 11.7. The fourth-order valence-electron chi connectivity index (χ4n) is 1.15. The van der Waals surface area contributed by atoms with Crippen molar-refractivity contribution in [1.29, 1.82) is 0 Å². The van der Waals surface area contributed by atoms with Crippen molar-refractivity contribution in [2.45, 2.75) is 19.5 Å². The number of hydrogen-bond acceptors (Lipinski definition) is 2. The van der Waals surface area contributed by atoms with Gasteiger partial charge >= 0.3 is 6.18 Å². The molecule has 92 valence electrons. The van der Waals surface area contributed by atoms with Gasteiger partial charge in [-0.2, -0.15) is 13.2 Å². The van der Waals surface area contributed by atoms with E-state index in [4.69, 9.17) is 0 Å². The zero-order valence-electron chi connectivity index (χ0n) is 8.82. The zero-order chi connectivity index (χ0) is 11.7. The van der Waals surface area contributed by atoms with Crippen LogP contribution in [-0.4, -0.2) is 49.3 Å². The second-order valence-corrected chi connectivity index (χ2v) is 3.99. The first-order valence-corrected chi connectivity index (χ1v) is 6.04. The molecule has 0 spiro atoms. The summed E-state index contributed by atoms with van der Waals surface area (Å²) in [6, 6.07) is 0. The Morgan fingerprint density at radius 1 is 1.20 bits per heavy atom. The van der Waals surface area contributed by atoms with Crippen LogP contribution in [0.25, 0.3) is 0 Å². The van der Waals surface area contributed by atoms with E-state index in [9.17, 15) is 13.2 Å². The third-order valence-corrected chi connectivity index (χ3v) is 2.11. The second-order valence-electron chi connectivity index (χ2n) is 3.20. The molecular weight excluding hydrogens is 275 g/mol. The van der Waals surface area contributed by atoms with E-state index in [1.54, 1.807) is 0 Å². The molecule has 0 heterocycles. The van der Waals surface area contributed by atoms with E-state index >= 15 is 0 Å². The number of nitrogens with zero attached hydrogens (tertiary/aromatic N) is 1. The van der Waals surface area contributed by atoms with Gasteiger partial charge in [-0.1, -0.05) is 22.9 Å². The van der Waals surface area contributed by atoms with Crippen LogP contribution in [0.4, 0.5) is 13.2 Å². The van der Waals surface area contributed by atoms with Crippen LogP contribution in [0.1, 0.15) is 13.3 Å². The van der Waals surface area contributed by atoms with E-state index < -0.39 is 12.8 Å². The van der Waals surface area contributed by atoms with Crippen molar-refractivity contribution in [2.24, 2.45) is 0 Å². The van der Waals surface area contributed by atoms with Gasteiger partial charge in [0.1, 0.15) is 6.61 Å². The molecule has 0 aliphatic rings. The molecule has 15 heavy (non-hydrogen) atoms. The van der Waals surface area contributed by atoms with Gasteiger partial charge in [0.15, 0.2) is 0 Å². The average Bonchev–Trinajstić information content (AvgIpc) is 2.11. The summed E-state index contributed by atoms with van der Waals surface area (Å²) in [7, 11) is 0. The minimum absolute atomic E-state index is 0.131. The van der Waals surface area contributed by atoms with Gasteiger partial charge in [-0.05, 0) is 13.0 Å². The quantitative estimate of drug-likeness (QED) is 0.504. The molecule has 0 atom stereocenters. The van der Waals surface area contributed by atoms with Gasteiger partial charge in [0.25, 0.3) is 0 Å². The van der Waals surface area contributed by atoms with Gasteiger partial charge in [-0.25, -0.2) is 0 Å². The van der Waals surface area contributed by atoms with Crippen molar-refractivity contribution >= 4 is 15.9 Å². The molecule has 0 saturated carbocycles. The van der Waals surface area contributed by atoms with Gasteiger partial charge in [-0.15, -0.1) is 0 Å². The van der Waals surface area contributed by atoms with Crippen molar-refractivity contribution < 1.29 is 17.9 Å². The smallest absolute Gasteiger partial charge is 0.371 e. The molecule has 0 saturated heterocycles. The Balaban J connectivity index is 3.52. The van der Waals surface area contributed by atoms with E-state index in [2.05, 4.69) is 25.6 Å². The Bertz CT molecular complexity index is 149. The molecule has 0 N–H and O–H groups in total. The molecule has 0 fully saturated rings. The first-order valence-electron chi connectivity index (χ1n) is 4.92. The molecule has 2 nitrogen and oxygen atoms in total. The minimum Gasteiger partial charge on any atom is -0.371 e. The minimum atomic E-state index is -4.22. The summed E-state index contributed by atoms with van der Waals surface area (Å²) >= 11 is 3.30. The lowest BCUT2D eigenvalue weighted by Gasteiger charge is -2.20. The van der Waals surface area contributed by atoms with Crippen molar-refractivity contribution in [3.63, 3.8) is 0 Å². The van der Waals surface area contributed by atoms with Gasteiger partial charge in [0.05, 0.1) is 6.61 Å². The Morgan fingerprint density at radius 3 is 2.33 bits per heavy atom. The SMILES string of the molecule is CCCN(CCBr)CCOCC(F)(F)F. The Hall–Kier alpha value is 0.190. The number of halogens is 4. The number of rotatable bonds is 8. The molecule has 0 aromatic carbocycles. The fraction of sp³-hybridized carbons (Fsp3) is 1.00. The van der Waals surface area contributed by atoms with Crippen LogP contribution in [0.3, 0.4) is 0 Å². The van der Waals surface area contributed by atoms with Gasteiger partial charge < -0.3 is 9.64 Å². The average molecular weight is 292 g/mol. The van der Waals surface area contributed by atoms with E-state index in [1.165, 1.54) is 0 Å². The number of alkyl halides is 4. The third-order valence-electron chi connectivity index (χ3n) is 1.76. The van der Waals surface area contributed by atoms with Crippen LogP contribution in [0.5, 0.6) is 0 Å². The summed E-state index contributed by atoms with van der Waals surface area (Å²) in [4.78, 5) is 2.07. The van der Waals surface area contributed by atoms with Crippen molar-refractivity contribution in [2.75, 3.05) is 38.2 Å². The molecule has 0 amide bonds. The van der Waals surface area contributed by atoms with E-state index in [0.29, 0.717) is 6.54 Å². The van der Waals surface area contributed by atoms with Crippen LogP contribution in [-0.2, 0) is 4.74 Å². The normalized spacial score (nSPS) is 12.4. The standard InChI is InChI=1S/C9H17BrF3NO/c1-2-4-14(5-3-10)6-7-15-8-9(11,12)13/h2-8H2,1H3. The lowest BCUT2D eigenvalue weighted by Crippen LogP contribution is -2.31. The highest BCUT2D eigenvalue weighted by atomic mass is 79.9. The molecule has 0 aromatic rings. The van der Waals surface area contributed by atoms with E-state index in [1.807, 2.05) is 6.92 Å². The highest BCUT2D eigenvalue weighted by molar-refractivity contribution is 9.09. The number of hydrogen-bond donors (Lipinski definition) is 0. The molecule has 0 aliphatic heterocycles.